The van der Waals surface area contributed by atoms with E-state index in [1.54, 1.807) is 25.7 Å². The number of hydrogen-bond acceptors (Lipinski definition) is 2. The fourth-order valence-corrected chi connectivity index (χ4v) is 6.66. The second kappa shape index (κ2) is 7.74. The normalized spacial score (nSPS) is 34.4. The predicted molar refractivity (Wildman–Crippen MR) is 111 cm³/mol. The van der Waals surface area contributed by atoms with Crippen LogP contribution in [0.3, 0.4) is 0 Å². The highest BCUT2D eigenvalue weighted by molar-refractivity contribution is 5.01. The van der Waals surface area contributed by atoms with Gasteiger partial charge < -0.3 is 9.80 Å². The van der Waals surface area contributed by atoms with Gasteiger partial charge in [0, 0.05) is 12.6 Å². The molecule has 0 bridgehead atoms. The maximum Gasteiger partial charge on any atom is 0.00385 e. The lowest BCUT2D eigenvalue weighted by Gasteiger charge is -2.57. The highest BCUT2D eigenvalue weighted by Crippen LogP contribution is 2.59. The molecular weight excluding hydrogens is 316 g/mol. The average molecular weight is 361 g/mol. The Morgan fingerprint density at radius 2 is 1.46 bits per heavy atom. The van der Waals surface area contributed by atoms with Crippen molar-refractivity contribution >= 4 is 0 Å². The van der Waals surface area contributed by atoms with Gasteiger partial charge in [0.05, 0.1) is 0 Å². The van der Waals surface area contributed by atoms with Gasteiger partial charge in [0.25, 0.3) is 0 Å². The van der Waals surface area contributed by atoms with Gasteiger partial charge in [-0.1, -0.05) is 13.8 Å². The van der Waals surface area contributed by atoms with Gasteiger partial charge in [0.15, 0.2) is 0 Å². The van der Waals surface area contributed by atoms with Gasteiger partial charge in [-0.25, -0.2) is 0 Å². The summed E-state index contributed by atoms with van der Waals surface area (Å²) in [5.74, 6) is 5.17. The van der Waals surface area contributed by atoms with Crippen LogP contribution >= 0.6 is 0 Å². The lowest BCUT2D eigenvalue weighted by atomic mass is 9.50. The van der Waals surface area contributed by atoms with Crippen molar-refractivity contribution < 1.29 is 0 Å². The number of piperidine rings is 2. The molecule has 2 aliphatic heterocycles. The van der Waals surface area contributed by atoms with Crippen molar-refractivity contribution in [2.75, 3.05) is 32.7 Å². The SMILES string of the molecule is CC(C)C1CC(C2CC3(CCN(CC4CCN(C(C)C)CC4)CC3)C2)C1. The van der Waals surface area contributed by atoms with Crippen molar-refractivity contribution in [3.63, 3.8) is 0 Å². The summed E-state index contributed by atoms with van der Waals surface area (Å²) in [6.45, 7) is 16.4. The topological polar surface area (TPSA) is 6.48 Å². The minimum atomic E-state index is 0.740. The lowest BCUT2D eigenvalue weighted by Crippen LogP contribution is -2.51. The molecule has 26 heavy (non-hydrogen) atoms. The Bertz CT molecular complexity index is 441. The Morgan fingerprint density at radius 3 is 2.00 bits per heavy atom. The number of likely N-dealkylation sites (tertiary alicyclic amines) is 2. The molecule has 2 aliphatic carbocycles. The third-order valence-corrected chi connectivity index (χ3v) is 9.02. The van der Waals surface area contributed by atoms with Crippen LogP contribution in [-0.4, -0.2) is 48.6 Å². The van der Waals surface area contributed by atoms with Gasteiger partial charge >= 0.3 is 0 Å². The van der Waals surface area contributed by atoms with E-state index >= 15 is 0 Å². The molecule has 4 fully saturated rings. The highest BCUT2D eigenvalue weighted by atomic mass is 15.2. The van der Waals surface area contributed by atoms with Crippen molar-refractivity contribution in [2.24, 2.45) is 35.0 Å². The summed E-state index contributed by atoms with van der Waals surface area (Å²) in [5, 5.41) is 0. The molecule has 4 rings (SSSR count). The maximum absolute atomic E-state index is 2.83. The van der Waals surface area contributed by atoms with Crippen molar-refractivity contribution in [3.8, 4) is 0 Å². The summed E-state index contributed by atoms with van der Waals surface area (Å²) in [6, 6.07) is 0.740. The van der Waals surface area contributed by atoms with Crippen LogP contribution in [-0.2, 0) is 0 Å². The monoisotopic (exact) mass is 360 g/mol. The Labute approximate surface area is 163 Å². The van der Waals surface area contributed by atoms with E-state index in [0.717, 1.165) is 41.0 Å². The van der Waals surface area contributed by atoms with Gasteiger partial charge in [-0.2, -0.15) is 0 Å². The van der Waals surface area contributed by atoms with Crippen molar-refractivity contribution in [2.45, 2.75) is 85.1 Å². The Morgan fingerprint density at radius 1 is 0.846 bits per heavy atom. The first-order chi connectivity index (χ1) is 12.4. The van der Waals surface area contributed by atoms with Gasteiger partial charge in [-0.05, 0) is 126 Å². The summed E-state index contributed by atoms with van der Waals surface area (Å²) in [4.78, 5) is 5.49. The average Bonchev–Trinajstić information content (AvgIpc) is 2.54. The zero-order valence-electron chi connectivity index (χ0n) is 18.1. The predicted octanol–water partition coefficient (Wildman–Crippen LogP) is 5.28. The standard InChI is InChI=1S/C24H44N2/c1-18(2)21-13-22(14-21)23-15-24(16-23)7-11-25(12-8-24)17-20-5-9-26(10-6-20)19(3)4/h18-23H,5-17H2,1-4H3. The molecule has 0 atom stereocenters. The molecule has 2 heteroatoms. The van der Waals surface area contributed by atoms with E-state index in [0.29, 0.717) is 0 Å². The third-order valence-electron chi connectivity index (χ3n) is 9.02. The quantitative estimate of drug-likeness (QED) is 0.658. The van der Waals surface area contributed by atoms with E-state index in [1.165, 1.54) is 58.4 Å². The lowest BCUT2D eigenvalue weighted by molar-refractivity contribution is -0.0720. The first kappa shape index (κ1) is 19.2. The van der Waals surface area contributed by atoms with Crippen LogP contribution in [0.4, 0.5) is 0 Å². The molecule has 0 aromatic carbocycles. The van der Waals surface area contributed by atoms with Crippen molar-refractivity contribution in [1.82, 2.24) is 9.80 Å². The van der Waals surface area contributed by atoms with Crippen molar-refractivity contribution in [1.29, 1.82) is 0 Å². The van der Waals surface area contributed by atoms with E-state index in [2.05, 4.69) is 37.5 Å². The van der Waals surface area contributed by atoms with Gasteiger partial charge in [-0.3, -0.25) is 0 Å². The van der Waals surface area contributed by atoms with Crippen LogP contribution < -0.4 is 0 Å². The summed E-state index contributed by atoms with van der Waals surface area (Å²) >= 11 is 0. The number of hydrogen-bond donors (Lipinski definition) is 0. The fourth-order valence-electron chi connectivity index (χ4n) is 6.66. The Hall–Kier alpha value is -0.0800. The van der Waals surface area contributed by atoms with Crippen molar-refractivity contribution in [3.05, 3.63) is 0 Å². The third kappa shape index (κ3) is 4.02. The molecular formula is C24H44N2. The molecule has 0 amide bonds. The highest BCUT2D eigenvalue weighted by Gasteiger charge is 2.50. The molecule has 2 saturated carbocycles. The smallest absolute Gasteiger partial charge is 0.00385 e. The van der Waals surface area contributed by atoms with Crippen LogP contribution in [0.25, 0.3) is 0 Å². The number of nitrogens with zero attached hydrogens (tertiary/aromatic N) is 2. The second-order valence-corrected chi connectivity index (χ2v) is 11.3. The largest absolute Gasteiger partial charge is 0.303 e. The molecule has 4 aliphatic rings. The van der Waals surface area contributed by atoms with E-state index in [4.69, 9.17) is 0 Å². The molecule has 0 unspecified atom stereocenters. The zero-order valence-corrected chi connectivity index (χ0v) is 18.1. The molecule has 0 radical (unpaired) electrons. The Balaban J connectivity index is 1.14. The minimum absolute atomic E-state index is 0.740. The first-order valence-corrected chi connectivity index (χ1v) is 11.9. The fraction of sp³-hybridized carbons (Fsp3) is 1.00. The summed E-state index contributed by atoms with van der Waals surface area (Å²) < 4.78 is 0. The Kier molecular flexibility index (Phi) is 5.73. The molecule has 2 saturated heterocycles. The molecule has 1 spiro atoms. The summed E-state index contributed by atoms with van der Waals surface area (Å²) in [5.41, 5.74) is 0.783. The van der Waals surface area contributed by atoms with Crippen LogP contribution in [0, 0.1) is 35.0 Å². The van der Waals surface area contributed by atoms with Gasteiger partial charge in [0.1, 0.15) is 0 Å². The van der Waals surface area contributed by atoms with Crippen LogP contribution in [0.15, 0.2) is 0 Å². The first-order valence-electron chi connectivity index (χ1n) is 11.9. The van der Waals surface area contributed by atoms with Gasteiger partial charge in [0.2, 0.25) is 0 Å². The van der Waals surface area contributed by atoms with Crippen LogP contribution in [0.1, 0.15) is 79.1 Å². The zero-order chi connectivity index (χ0) is 18.3. The summed E-state index contributed by atoms with van der Waals surface area (Å²) in [6.07, 6.45) is 12.2. The van der Waals surface area contributed by atoms with E-state index in [1.807, 2.05) is 0 Å². The van der Waals surface area contributed by atoms with E-state index in [-0.39, 0.29) is 0 Å². The molecule has 150 valence electrons. The molecule has 0 N–H and O–H groups in total. The van der Waals surface area contributed by atoms with E-state index in [9.17, 15) is 0 Å². The van der Waals surface area contributed by atoms with Gasteiger partial charge in [-0.15, -0.1) is 0 Å². The molecule has 2 nitrogen and oxygen atoms in total. The summed E-state index contributed by atoms with van der Waals surface area (Å²) in [7, 11) is 0. The maximum atomic E-state index is 2.83. The van der Waals surface area contributed by atoms with Crippen LogP contribution in [0.2, 0.25) is 0 Å². The van der Waals surface area contributed by atoms with E-state index < -0.39 is 0 Å². The minimum Gasteiger partial charge on any atom is -0.303 e. The molecule has 0 aromatic rings. The number of rotatable bonds is 5. The van der Waals surface area contributed by atoms with Crippen LogP contribution in [0.5, 0.6) is 0 Å². The molecule has 2 heterocycles. The second-order valence-electron chi connectivity index (χ2n) is 11.3. The molecule has 0 aromatic heterocycles.